The Kier molecular flexibility index (Phi) is 3.80. The van der Waals surface area contributed by atoms with E-state index in [0.717, 1.165) is 0 Å². The fraction of sp³-hybridized carbons (Fsp3) is 0.200. The van der Waals surface area contributed by atoms with Crippen LogP contribution in [-0.2, 0) is 16.6 Å². The van der Waals surface area contributed by atoms with Gasteiger partial charge in [0.15, 0.2) is 5.82 Å². The lowest BCUT2D eigenvalue weighted by Gasteiger charge is -2.13. The van der Waals surface area contributed by atoms with Crippen LogP contribution in [0.1, 0.15) is 16.8 Å². The third-order valence-electron chi connectivity index (χ3n) is 3.42. The molecule has 0 spiro atoms. The van der Waals surface area contributed by atoms with Crippen molar-refractivity contribution in [1.82, 2.24) is 15.1 Å². The second-order valence-corrected chi connectivity index (χ2v) is 5.19. The van der Waals surface area contributed by atoms with Crippen molar-refractivity contribution in [3.63, 3.8) is 0 Å². The number of hydrogen-bond donors (Lipinski definition) is 3. The molecular formula is C15H15N5O3. The number of carbonyl (C=O) groups is 3. The zero-order valence-electron chi connectivity index (χ0n) is 12.4. The number of benzene rings is 1. The average molecular weight is 313 g/mol. The molecule has 1 aromatic heterocycles. The molecule has 0 unspecified atom stereocenters. The third-order valence-corrected chi connectivity index (χ3v) is 3.42. The highest BCUT2D eigenvalue weighted by molar-refractivity contribution is 6.11. The molecule has 1 aliphatic heterocycles. The van der Waals surface area contributed by atoms with E-state index in [-0.39, 0.29) is 6.42 Å². The molecule has 2 aromatic rings. The summed E-state index contributed by atoms with van der Waals surface area (Å²) in [4.78, 5) is 36.4. The molecule has 1 atom stereocenters. The Morgan fingerprint density at radius 2 is 2.09 bits per heavy atom. The summed E-state index contributed by atoms with van der Waals surface area (Å²) in [5.41, 5.74) is 0.802. The number of nitrogens with zero attached hydrogens (tertiary/aromatic N) is 2. The van der Waals surface area contributed by atoms with Crippen LogP contribution in [-0.4, -0.2) is 33.5 Å². The predicted octanol–water partition coefficient (Wildman–Crippen LogP) is 0.499. The first-order chi connectivity index (χ1) is 11.0. The van der Waals surface area contributed by atoms with Gasteiger partial charge in [0.1, 0.15) is 6.04 Å². The number of carbonyl (C=O) groups excluding carboxylic acids is 3. The SMILES string of the molecule is Cn1ccc(NC(=O)C[C@@H]2NC(=O)c3ccccc3NC2=O)n1. The Balaban J connectivity index is 1.70. The maximum Gasteiger partial charge on any atom is 0.254 e. The number of nitrogens with one attached hydrogen (secondary N) is 3. The van der Waals surface area contributed by atoms with Gasteiger partial charge >= 0.3 is 0 Å². The highest BCUT2D eigenvalue weighted by atomic mass is 16.2. The monoisotopic (exact) mass is 313 g/mol. The van der Waals surface area contributed by atoms with E-state index in [4.69, 9.17) is 0 Å². The van der Waals surface area contributed by atoms with Crippen molar-refractivity contribution in [3.05, 3.63) is 42.1 Å². The van der Waals surface area contributed by atoms with Gasteiger partial charge in [-0.15, -0.1) is 0 Å². The molecule has 118 valence electrons. The summed E-state index contributed by atoms with van der Waals surface area (Å²) in [6.07, 6.45) is 1.51. The van der Waals surface area contributed by atoms with Gasteiger partial charge in [0.25, 0.3) is 5.91 Å². The Bertz CT molecular complexity index is 783. The van der Waals surface area contributed by atoms with Crippen LogP contribution in [0.2, 0.25) is 0 Å². The number of para-hydroxylation sites is 1. The van der Waals surface area contributed by atoms with Gasteiger partial charge in [-0.25, -0.2) is 0 Å². The van der Waals surface area contributed by atoms with Gasteiger partial charge in [0, 0.05) is 19.3 Å². The minimum Gasteiger partial charge on any atom is -0.340 e. The molecule has 3 rings (SSSR count). The molecule has 3 amide bonds. The van der Waals surface area contributed by atoms with Crippen LogP contribution in [0.15, 0.2) is 36.5 Å². The molecule has 0 bridgehead atoms. The zero-order chi connectivity index (χ0) is 16.4. The van der Waals surface area contributed by atoms with Crippen molar-refractivity contribution in [2.75, 3.05) is 10.6 Å². The summed E-state index contributed by atoms with van der Waals surface area (Å²) in [6, 6.07) is 7.38. The van der Waals surface area contributed by atoms with E-state index in [2.05, 4.69) is 21.0 Å². The maximum absolute atomic E-state index is 12.2. The Morgan fingerprint density at radius 3 is 2.83 bits per heavy atom. The Morgan fingerprint density at radius 1 is 1.30 bits per heavy atom. The largest absolute Gasteiger partial charge is 0.340 e. The quantitative estimate of drug-likeness (QED) is 0.767. The number of aryl methyl sites for hydroxylation is 1. The first-order valence-corrected chi connectivity index (χ1v) is 7.03. The highest BCUT2D eigenvalue weighted by Crippen LogP contribution is 2.19. The van der Waals surface area contributed by atoms with E-state index in [1.54, 1.807) is 48.3 Å². The third kappa shape index (κ3) is 3.20. The van der Waals surface area contributed by atoms with Gasteiger partial charge in [-0.3, -0.25) is 19.1 Å². The lowest BCUT2D eigenvalue weighted by Crippen LogP contribution is -2.43. The zero-order valence-corrected chi connectivity index (χ0v) is 12.4. The van der Waals surface area contributed by atoms with E-state index in [9.17, 15) is 14.4 Å². The molecule has 3 N–H and O–H groups in total. The van der Waals surface area contributed by atoms with Gasteiger partial charge in [-0.1, -0.05) is 12.1 Å². The molecule has 23 heavy (non-hydrogen) atoms. The van der Waals surface area contributed by atoms with Crippen molar-refractivity contribution in [3.8, 4) is 0 Å². The summed E-state index contributed by atoms with van der Waals surface area (Å²) in [6.45, 7) is 0. The second-order valence-electron chi connectivity index (χ2n) is 5.19. The molecule has 8 nitrogen and oxygen atoms in total. The van der Waals surface area contributed by atoms with Gasteiger partial charge in [0.05, 0.1) is 17.7 Å². The molecule has 0 saturated carbocycles. The number of aromatic nitrogens is 2. The Hall–Kier alpha value is -3.16. The summed E-state index contributed by atoms with van der Waals surface area (Å²) in [7, 11) is 1.73. The molecule has 1 aliphatic rings. The van der Waals surface area contributed by atoms with E-state index in [0.29, 0.717) is 17.1 Å². The van der Waals surface area contributed by atoms with Crippen molar-refractivity contribution in [2.24, 2.45) is 7.05 Å². The topological polar surface area (TPSA) is 105 Å². The molecule has 0 fully saturated rings. The molecular weight excluding hydrogens is 298 g/mol. The van der Waals surface area contributed by atoms with Crippen LogP contribution < -0.4 is 16.0 Å². The predicted molar refractivity (Wildman–Crippen MR) is 82.8 cm³/mol. The lowest BCUT2D eigenvalue weighted by atomic mass is 10.1. The van der Waals surface area contributed by atoms with Gasteiger partial charge in [0.2, 0.25) is 11.8 Å². The van der Waals surface area contributed by atoms with Crippen LogP contribution in [0.4, 0.5) is 11.5 Å². The Labute approximate surface area is 131 Å². The van der Waals surface area contributed by atoms with Gasteiger partial charge in [-0.2, -0.15) is 5.10 Å². The lowest BCUT2D eigenvalue weighted by molar-refractivity contribution is -0.122. The number of hydrogen-bond acceptors (Lipinski definition) is 4. The minimum atomic E-state index is -0.946. The van der Waals surface area contributed by atoms with E-state index < -0.39 is 23.8 Å². The maximum atomic E-state index is 12.2. The first kappa shape index (κ1) is 14.8. The van der Waals surface area contributed by atoms with Gasteiger partial charge < -0.3 is 16.0 Å². The molecule has 0 radical (unpaired) electrons. The molecule has 8 heteroatoms. The fourth-order valence-corrected chi connectivity index (χ4v) is 2.32. The van der Waals surface area contributed by atoms with Crippen molar-refractivity contribution in [2.45, 2.75) is 12.5 Å². The molecule has 2 heterocycles. The number of amides is 3. The van der Waals surface area contributed by atoms with Crippen molar-refractivity contribution >= 4 is 29.2 Å². The number of anilines is 2. The van der Waals surface area contributed by atoms with Crippen LogP contribution in [0.3, 0.4) is 0 Å². The molecule has 0 saturated heterocycles. The van der Waals surface area contributed by atoms with Crippen LogP contribution in [0.25, 0.3) is 0 Å². The van der Waals surface area contributed by atoms with E-state index >= 15 is 0 Å². The molecule has 1 aromatic carbocycles. The smallest absolute Gasteiger partial charge is 0.254 e. The van der Waals surface area contributed by atoms with E-state index in [1.807, 2.05) is 0 Å². The van der Waals surface area contributed by atoms with E-state index in [1.165, 1.54) is 0 Å². The first-order valence-electron chi connectivity index (χ1n) is 7.03. The normalized spacial score (nSPS) is 16.8. The number of fused-ring (bicyclic) bond motifs is 1. The van der Waals surface area contributed by atoms with Crippen molar-refractivity contribution < 1.29 is 14.4 Å². The fourth-order valence-electron chi connectivity index (χ4n) is 2.32. The van der Waals surface area contributed by atoms with Gasteiger partial charge in [-0.05, 0) is 12.1 Å². The average Bonchev–Trinajstić information content (AvgIpc) is 2.86. The summed E-state index contributed by atoms with van der Waals surface area (Å²) in [5.74, 6) is -0.842. The summed E-state index contributed by atoms with van der Waals surface area (Å²) in [5, 5.41) is 11.8. The second kappa shape index (κ2) is 5.91. The highest BCUT2D eigenvalue weighted by Gasteiger charge is 2.29. The summed E-state index contributed by atoms with van der Waals surface area (Å²) >= 11 is 0. The number of rotatable bonds is 3. The minimum absolute atomic E-state index is 0.178. The standard InChI is InChI=1S/C15H15N5O3/c1-20-7-6-12(19-20)18-13(21)8-11-15(23)16-10-5-3-2-4-9(10)14(22)17-11/h2-7,11H,8H2,1H3,(H,16,23)(H,17,22)(H,18,19,21)/t11-/m0/s1. The van der Waals surface area contributed by atoms with Crippen molar-refractivity contribution in [1.29, 1.82) is 0 Å². The van der Waals surface area contributed by atoms with Crippen LogP contribution >= 0.6 is 0 Å². The van der Waals surface area contributed by atoms with Crippen LogP contribution in [0.5, 0.6) is 0 Å². The molecule has 0 aliphatic carbocycles. The van der Waals surface area contributed by atoms with Crippen LogP contribution in [0, 0.1) is 0 Å². The summed E-state index contributed by atoms with van der Waals surface area (Å²) < 4.78 is 1.55.